The number of rotatable bonds is 9. The first-order chi connectivity index (χ1) is 23.9. The molecule has 51 heavy (non-hydrogen) atoms. The largest absolute Gasteiger partial charge is 0.432 e. The van der Waals surface area contributed by atoms with Crippen LogP contribution >= 0.6 is 11.6 Å². The highest BCUT2D eigenvalue weighted by Gasteiger charge is 2.24. The number of alkyl halides is 2. The molecule has 0 amide bonds. The van der Waals surface area contributed by atoms with Crippen LogP contribution in [0, 0.1) is 29.1 Å². The van der Waals surface area contributed by atoms with Crippen LogP contribution in [0.4, 0.5) is 42.1 Å². The van der Waals surface area contributed by atoms with Gasteiger partial charge in [0.15, 0.2) is 29.0 Å². The molecule has 0 saturated carbocycles. The van der Waals surface area contributed by atoms with Crippen LogP contribution in [0.25, 0.3) is 21.8 Å². The van der Waals surface area contributed by atoms with Crippen molar-refractivity contribution < 1.29 is 56.5 Å². The molecule has 0 aliphatic heterocycles. The summed E-state index contributed by atoms with van der Waals surface area (Å²) in [5.74, 6) is -7.72. The fourth-order valence-corrected chi connectivity index (χ4v) is 7.76. The first-order valence-electron chi connectivity index (χ1n) is 13.7. The number of H-pyrrole nitrogens is 2. The summed E-state index contributed by atoms with van der Waals surface area (Å²) in [4.78, 5) is 5.47. The van der Waals surface area contributed by atoms with Gasteiger partial charge in [-0.2, -0.15) is 8.78 Å². The second kappa shape index (κ2) is 14.4. The Balaban J connectivity index is 0.000000201. The molecule has 0 bridgehead atoms. The van der Waals surface area contributed by atoms with Gasteiger partial charge in [0.2, 0.25) is 0 Å². The highest BCUT2D eigenvalue weighted by atomic mass is 35.5. The Morgan fingerprint density at radius 1 is 0.686 bits per heavy atom. The molecule has 0 spiro atoms. The third-order valence-corrected chi connectivity index (χ3v) is 10.8. The first-order valence-corrected chi connectivity index (χ1v) is 18.6. The number of aromatic nitrogens is 2. The lowest BCUT2D eigenvalue weighted by Gasteiger charge is -2.11. The molecule has 2 aromatic heterocycles. The zero-order valence-electron chi connectivity index (χ0n) is 25.2. The molecule has 270 valence electrons. The Kier molecular flexibility index (Phi) is 10.6. The average molecular weight is 797 g/mol. The van der Waals surface area contributed by atoms with E-state index < -0.39 is 83.7 Å². The molecule has 1 unspecified atom stereocenters. The van der Waals surface area contributed by atoms with Crippen LogP contribution in [0.2, 0.25) is 5.02 Å². The number of aromatic amines is 2. The van der Waals surface area contributed by atoms with Crippen LogP contribution in [0.5, 0.6) is 5.75 Å². The van der Waals surface area contributed by atoms with Crippen molar-refractivity contribution in [2.24, 2.45) is 0 Å². The van der Waals surface area contributed by atoms with Crippen LogP contribution in [0.1, 0.15) is 0 Å². The number of benzene rings is 4. The van der Waals surface area contributed by atoms with Gasteiger partial charge in [-0.25, -0.2) is 38.8 Å². The maximum atomic E-state index is 14.0. The van der Waals surface area contributed by atoms with E-state index in [0.717, 1.165) is 6.20 Å². The van der Waals surface area contributed by atoms with E-state index in [1.807, 2.05) is 9.44 Å². The number of hydrogen-bond donors (Lipinski definition) is 4. The Labute approximate surface area is 291 Å². The predicted octanol–water partition coefficient (Wildman–Crippen LogP) is 7.63. The molecule has 4 aromatic carbocycles. The van der Waals surface area contributed by atoms with E-state index in [0.29, 0.717) is 44.5 Å². The molecule has 0 aliphatic carbocycles. The van der Waals surface area contributed by atoms with Crippen molar-refractivity contribution in [1.29, 1.82) is 0 Å². The summed E-state index contributed by atoms with van der Waals surface area (Å²) < 4.78 is 161. The van der Waals surface area contributed by atoms with E-state index in [1.54, 1.807) is 0 Å². The van der Waals surface area contributed by atoms with Crippen LogP contribution in [0.3, 0.4) is 0 Å². The van der Waals surface area contributed by atoms with Crippen molar-refractivity contribution in [3.63, 3.8) is 0 Å². The minimum atomic E-state index is -4.36. The van der Waals surface area contributed by atoms with Gasteiger partial charge in [0.25, 0.3) is 20.0 Å². The minimum absolute atomic E-state index is 0.173. The molecular formula is C30H20ClF7N4O6S3. The van der Waals surface area contributed by atoms with E-state index in [9.17, 15) is 51.8 Å². The third-order valence-electron chi connectivity index (χ3n) is 6.87. The van der Waals surface area contributed by atoms with Crippen molar-refractivity contribution in [2.75, 3.05) is 15.7 Å². The number of anilines is 2. The lowest BCUT2D eigenvalue weighted by atomic mass is 10.2. The van der Waals surface area contributed by atoms with Crippen molar-refractivity contribution in [3.05, 3.63) is 107 Å². The lowest BCUT2D eigenvalue weighted by molar-refractivity contribution is -0.0523. The SMILES string of the molecule is CS(=O)c1ccc2c(S(=O)(=O)Nc3cc(F)c(OC(F)F)cc3F)c[nH]c2c1.O=S(=O)(Nc1cc(F)c(F)cc1F)c1c[nH]c2cc(Cl)ccc12. The number of hydrogen-bond acceptors (Lipinski definition) is 6. The third kappa shape index (κ3) is 8.24. The number of nitrogens with one attached hydrogen (secondary N) is 4. The molecule has 0 radical (unpaired) electrons. The molecule has 10 nitrogen and oxygen atoms in total. The topological polar surface area (TPSA) is 150 Å². The van der Waals surface area contributed by atoms with Gasteiger partial charge in [-0.15, -0.1) is 0 Å². The quantitative estimate of drug-likeness (QED) is 0.0874. The van der Waals surface area contributed by atoms with Gasteiger partial charge in [-0.3, -0.25) is 13.7 Å². The van der Waals surface area contributed by atoms with Crippen LogP contribution in [-0.2, 0) is 30.8 Å². The second-order valence-corrected chi connectivity index (χ2v) is 15.4. The Morgan fingerprint density at radius 2 is 1.18 bits per heavy atom. The standard InChI is InChI=1S/C16H12F4N2O4S2.C14H8ClF3N2O2S/c1-27(23)8-2-3-9-12(4-8)21-7-15(9)28(24,25)22-13-5-11(18)14(6-10(13)17)26-16(19)20;15-7-1-2-8-12(3-7)19-6-14(8)23(21,22)20-13-5-10(17)9(16)4-11(13)18/h2-7,16,21-22H,1H3;1-6,19-20H. The van der Waals surface area contributed by atoms with E-state index in [2.05, 4.69) is 14.7 Å². The van der Waals surface area contributed by atoms with Crippen LogP contribution in [0.15, 0.2) is 87.7 Å². The van der Waals surface area contributed by atoms with Gasteiger partial charge in [-0.1, -0.05) is 17.7 Å². The molecule has 4 N–H and O–H groups in total. The average Bonchev–Trinajstić information content (AvgIpc) is 3.67. The molecule has 0 aliphatic rings. The molecule has 0 fully saturated rings. The number of fused-ring (bicyclic) bond motifs is 2. The molecule has 0 saturated heterocycles. The van der Waals surface area contributed by atoms with Crippen molar-refractivity contribution in [1.82, 2.24) is 9.97 Å². The summed E-state index contributed by atoms with van der Waals surface area (Å²) in [6.45, 7) is -3.37. The summed E-state index contributed by atoms with van der Waals surface area (Å²) in [5, 5.41) is 0.966. The van der Waals surface area contributed by atoms with Gasteiger partial charge >= 0.3 is 6.61 Å². The Bertz CT molecular complexity index is 2550. The van der Waals surface area contributed by atoms with Gasteiger partial charge in [0, 0.05) is 85.4 Å². The van der Waals surface area contributed by atoms with Crippen molar-refractivity contribution in [3.8, 4) is 5.75 Å². The highest BCUT2D eigenvalue weighted by Crippen LogP contribution is 2.31. The van der Waals surface area contributed by atoms with E-state index in [4.69, 9.17) is 11.6 Å². The van der Waals surface area contributed by atoms with E-state index in [-0.39, 0.29) is 21.2 Å². The number of ether oxygens (including phenoxy) is 1. The number of sulfonamides is 2. The van der Waals surface area contributed by atoms with Crippen LogP contribution in [-0.4, -0.2) is 43.9 Å². The van der Waals surface area contributed by atoms with Gasteiger partial charge in [0.05, 0.1) is 11.4 Å². The Morgan fingerprint density at radius 3 is 1.73 bits per heavy atom. The van der Waals surface area contributed by atoms with Crippen molar-refractivity contribution >= 4 is 75.6 Å². The summed E-state index contributed by atoms with van der Waals surface area (Å²) in [5.41, 5.74) is -0.629. The fraction of sp³-hybridized carbons (Fsp3) is 0.0667. The minimum Gasteiger partial charge on any atom is -0.432 e. The summed E-state index contributed by atoms with van der Waals surface area (Å²) >= 11 is 5.81. The maximum absolute atomic E-state index is 14.0. The van der Waals surface area contributed by atoms with Gasteiger partial charge in [0.1, 0.15) is 15.6 Å². The van der Waals surface area contributed by atoms with Gasteiger partial charge in [-0.05, 0) is 30.3 Å². The van der Waals surface area contributed by atoms with Gasteiger partial charge < -0.3 is 14.7 Å². The smallest absolute Gasteiger partial charge is 0.387 e. The lowest BCUT2D eigenvalue weighted by Crippen LogP contribution is -2.14. The molecule has 2 heterocycles. The van der Waals surface area contributed by atoms with E-state index in [1.165, 1.54) is 48.9 Å². The molecule has 21 heteroatoms. The van der Waals surface area contributed by atoms with E-state index >= 15 is 0 Å². The normalized spacial score (nSPS) is 12.5. The highest BCUT2D eigenvalue weighted by molar-refractivity contribution is 7.93. The fourth-order valence-electron chi connectivity index (χ4n) is 4.57. The molecule has 6 aromatic rings. The van der Waals surface area contributed by atoms with Crippen molar-refractivity contribution in [2.45, 2.75) is 21.3 Å². The molecule has 6 rings (SSSR count). The first kappa shape index (κ1) is 37.5. The zero-order valence-corrected chi connectivity index (χ0v) is 28.4. The molecule has 1 atom stereocenters. The predicted molar refractivity (Wildman–Crippen MR) is 175 cm³/mol. The number of halogens is 8. The second-order valence-electron chi connectivity index (χ2n) is 10.3. The summed E-state index contributed by atoms with van der Waals surface area (Å²) in [6, 6.07) is 10.3. The zero-order chi connectivity index (χ0) is 37.4. The maximum Gasteiger partial charge on any atom is 0.387 e. The molecular weight excluding hydrogens is 777 g/mol. The summed E-state index contributed by atoms with van der Waals surface area (Å²) in [6.07, 6.45) is 3.79. The summed E-state index contributed by atoms with van der Waals surface area (Å²) in [7, 11) is -9.86. The monoisotopic (exact) mass is 796 g/mol. The Hall–Kier alpha value is -4.79. The van der Waals surface area contributed by atoms with Crippen LogP contribution < -0.4 is 14.2 Å².